The fourth-order valence-electron chi connectivity index (χ4n) is 4.32. The van der Waals surface area contributed by atoms with Crippen molar-refractivity contribution in [3.63, 3.8) is 0 Å². The zero-order chi connectivity index (χ0) is 19.2. The number of aliphatic carboxylic acids is 1. The van der Waals surface area contributed by atoms with Crippen LogP contribution in [0.3, 0.4) is 0 Å². The predicted molar refractivity (Wildman–Crippen MR) is 100 cm³/mol. The van der Waals surface area contributed by atoms with Crippen LogP contribution in [-0.2, 0) is 9.59 Å². The molecule has 26 heavy (non-hydrogen) atoms. The summed E-state index contributed by atoms with van der Waals surface area (Å²) in [6, 6.07) is 0.169. The van der Waals surface area contributed by atoms with Crippen LogP contribution in [0.25, 0.3) is 0 Å². The monoisotopic (exact) mass is 383 g/mol. The molecule has 0 aliphatic carbocycles. The average molecular weight is 384 g/mol. The van der Waals surface area contributed by atoms with Crippen molar-refractivity contribution in [2.24, 2.45) is 17.1 Å². The topological polar surface area (TPSA) is 116 Å². The highest BCUT2D eigenvalue weighted by atomic mass is 32.2. The zero-order valence-corrected chi connectivity index (χ0v) is 16.4. The van der Waals surface area contributed by atoms with Crippen LogP contribution in [-0.4, -0.2) is 63.5 Å². The molecule has 1 amide bonds. The predicted octanol–water partition coefficient (Wildman–Crippen LogP) is 0.733. The SMILES string of the molecule is C[C@@H](O)[C@H]1C(=O)N2C(C(=O)O)=C(S[C@@H]3CN[C@H](CC(C)(C)CN)C3)C[C@H]12. The molecular formula is C18H29N3O4S. The number of rotatable bonds is 7. The number of carboxylic acid groups (broad SMARTS) is 1. The number of fused-ring (bicyclic) bond motifs is 1. The lowest BCUT2D eigenvalue weighted by Crippen LogP contribution is -2.61. The van der Waals surface area contributed by atoms with Gasteiger partial charge in [-0.05, 0) is 31.7 Å². The van der Waals surface area contributed by atoms with Crippen LogP contribution < -0.4 is 11.1 Å². The van der Waals surface area contributed by atoms with Crippen LogP contribution in [0.4, 0.5) is 0 Å². The zero-order valence-electron chi connectivity index (χ0n) is 15.6. The first-order valence-corrected chi connectivity index (χ1v) is 10.1. The molecule has 2 saturated heterocycles. The Morgan fingerprint density at radius 1 is 1.50 bits per heavy atom. The van der Waals surface area contributed by atoms with Crippen LogP contribution in [0.2, 0.25) is 0 Å². The van der Waals surface area contributed by atoms with Gasteiger partial charge in [0.2, 0.25) is 5.91 Å². The van der Waals surface area contributed by atoms with Crippen molar-refractivity contribution < 1.29 is 19.8 Å². The Kier molecular flexibility index (Phi) is 5.40. The summed E-state index contributed by atoms with van der Waals surface area (Å²) in [5.74, 6) is -1.81. The number of hydrogen-bond acceptors (Lipinski definition) is 6. The molecule has 5 atom stereocenters. The van der Waals surface area contributed by atoms with Gasteiger partial charge in [0, 0.05) is 29.2 Å². The Morgan fingerprint density at radius 2 is 2.19 bits per heavy atom. The van der Waals surface area contributed by atoms with Gasteiger partial charge in [-0.25, -0.2) is 4.79 Å². The third-order valence-corrected chi connectivity index (χ3v) is 7.07. The van der Waals surface area contributed by atoms with Gasteiger partial charge in [-0.1, -0.05) is 13.8 Å². The van der Waals surface area contributed by atoms with Gasteiger partial charge in [0.25, 0.3) is 0 Å². The van der Waals surface area contributed by atoms with Gasteiger partial charge in [0.1, 0.15) is 5.70 Å². The Morgan fingerprint density at radius 3 is 2.77 bits per heavy atom. The van der Waals surface area contributed by atoms with E-state index in [4.69, 9.17) is 5.73 Å². The smallest absolute Gasteiger partial charge is 0.353 e. The second-order valence-electron chi connectivity index (χ2n) is 8.48. The van der Waals surface area contributed by atoms with E-state index in [-0.39, 0.29) is 28.3 Å². The number of nitrogens with two attached hydrogens (primary N) is 1. The molecule has 3 aliphatic rings. The van der Waals surface area contributed by atoms with Crippen molar-refractivity contribution in [3.8, 4) is 0 Å². The summed E-state index contributed by atoms with van der Waals surface area (Å²) in [7, 11) is 0. The molecule has 8 heteroatoms. The molecule has 0 aromatic carbocycles. The van der Waals surface area contributed by atoms with E-state index in [0.29, 0.717) is 19.0 Å². The first kappa shape index (κ1) is 19.7. The van der Waals surface area contributed by atoms with Gasteiger partial charge in [-0.3, -0.25) is 4.79 Å². The Labute approximate surface area is 158 Å². The minimum atomic E-state index is -1.06. The van der Waals surface area contributed by atoms with E-state index in [1.807, 2.05) is 0 Å². The molecule has 2 fully saturated rings. The van der Waals surface area contributed by atoms with E-state index >= 15 is 0 Å². The summed E-state index contributed by atoms with van der Waals surface area (Å²) in [6.07, 6.45) is 1.73. The third-order valence-electron chi connectivity index (χ3n) is 5.73. The minimum absolute atomic E-state index is 0.0811. The lowest BCUT2D eigenvalue weighted by atomic mass is 9.83. The number of carbonyl (C=O) groups excluding carboxylic acids is 1. The number of aliphatic hydroxyl groups is 1. The van der Waals surface area contributed by atoms with Crippen LogP contribution in [0.5, 0.6) is 0 Å². The summed E-state index contributed by atoms with van der Waals surface area (Å²) >= 11 is 1.58. The highest BCUT2D eigenvalue weighted by Gasteiger charge is 2.57. The molecular weight excluding hydrogens is 354 g/mol. The Balaban J connectivity index is 1.67. The Bertz CT molecular complexity index is 634. The number of amides is 1. The molecule has 7 nitrogen and oxygen atoms in total. The molecule has 0 unspecified atom stereocenters. The van der Waals surface area contributed by atoms with E-state index in [1.54, 1.807) is 18.7 Å². The largest absolute Gasteiger partial charge is 0.477 e. The molecule has 0 spiro atoms. The van der Waals surface area contributed by atoms with Crippen LogP contribution in [0, 0.1) is 11.3 Å². The maximum Gasteiger partial charge on any atom is 0.353 e. The molecule has 0 aromatic rings. The molecule has 0 radical (unpaired) electrons. The molecule has 3 heterocycles. The number of carboxylic acids is 1. The van der Waals surface area contributed by atoms with Crippen molar-refractivity contribution in [1.82, 2.24) is 10.2 Å². The molecule has 0 bridgehead atoms. The first-order chi connectivity index (χ1) is 12.1. The van der Waals surface area contributed by atoms with Gasteiger partial charge in [0.05, 0.1) is 18.1 Å². The maximum absolute atomic E-state index is 12.3. The summed E-state index contributed by atoms with van der Waals surface area (Å²) in [6.45, 7) is 7.37. The van der Waals surface area contributed by atoms with Crippen LogP contribution in [0.15, 0.2) is 10.6 Å². The number of nitrogens with zero attached hydrogens (tertiary/aromatic N) is 1. The van der Waals surface area contributed by atoms with Crippen molar-refractivity contribution in [2.75, 3.05) is 13.1 Å². The third kappa shape index (κ3) is 3.52. The van der Waals surface area contributed by atoms with Gasteiger partial charge in [0.15, 0.2) is 0 Å². The number of nitrogens with one attached hydrogen (secondary N) is 1. The lowest BCUT2D eigenvalue weighted by Gasteiger charge is -2.44. The van der Waals surface area contributed by atoms with E-state index in [0.717, 1.165) is 24.3 Å². The molecule has 0 aromatic heterocycles. The Hall–Kier alpha value is -1.09. The van der Waals surface area contributed by atoms with Crippen molar-refractivity contribution in [1.29, 1.82) is 0 Å². The maximum atomic E-state index is 12.3. The van der Waals surface area contributed by atoms with E-state index in [9.17, 15) is 19.8 Å². The molecule has 3 rings (SSSR count). The summed E-state index contributed by atoms with van der Waals surface area (Å²) < 4.78 is 0. The number of thioether (sulfide) groups is 1. The standard InChI is InChI=1S/C18H29N3O4S/c1-9(22)14-12-5-13(15(17(24)25)21(12)16(14)23)26-11-4-10(20-7-11)6-18(2,3)8-19/h9-12,14,20,22H,4-8,19H2,1-3H3,(H,24,25)/t9-,10+,11+,12-,14-/m1/s1. The van der Waals surface area contributed by atoms with E-state index in [1.165, 1.54) is 4.90 Å². The number of carbonyl (C=O) groups is 2. The fourth-order valence-corrected chi connectivity index (χ4v) is 5.79. The average Bonchev–Trinajstić information content (AvgIpc) is 3.09. The second-order valence-corrected chi connectivity index (χ2v) is 9.87. The van der Waals surface area contributed by atoms with E-state index in [2.05, 4.69) is 19.2 Å². The van der Waals surface area contributed by atoms with Gasteiger partial charge < -0.3 is 26.2 Å². The highest BCUT2D eigenvalue weighted by Crippen LogP contribution is 2.48. The quantitative estimate of drug-likeness (QED) is 0.479. The second kappa shape index (κ2) is 7.14. The van der Waals surface area contributed by atoms with Gasteiger partial charge >= 0.3 is 5.97 Å². The van der Waals surface area contributed by atoms with Crippen LogP contribution in [0.1, 0.15) is 40.0 Å². The van der Waals surface area contributed by atoms with Crippen molar-refractivity contribution in [2.45, 2.75) is 63.5 Å². The van der Waals surface area contributed by atoms with Crippen molar-refractivity contribution >= 4 is 23.6 Å². The molecule has 0 saturated carbocycles. The summed E-state index contributed by atoms with van der Waals surface area (Å²) in [5.41, 5.74) is 6.03. The fraction of sp³-hybridized carbons (Fsp3) is 0.778. The summed E-state index contributed by atoms with van der Waals surface area (Å²) in [5, 5.41) is 23.2. The van der Waals surface area contributed by atoms with Crippen molar-refractivity contribution in [3.05, 3.63) is 10.6 Å². The van der Waals surface area contributed by atoms with E-state index < -0.39 is 18.0 Å². The number of hydrogen-bond donors (Lipinski definition) is 4. The number of aliphatic hydroxyl groups excluding tert-OH is 1. The normalized spacial score (nSPS) is 32.7. The number of β-lactam (4-membered cyclic amide) rings is 1. The van der Waals surface area contributed by atoms with Crippen LogP contribution >= 0.6 is 11.8 Å². The molecule has 146 valence electrons. The molecule has 3 aliphatic heterocycles. The van der Waals surface area contributed by atoms with Gasteiger partial charge in [-0.15, -0.1) is 11.8 Å². The first-order valence-electron chi connectivity index (χ1n) is 9.22. The highest BCUT2D eigenvalue weighted by molar-refractivity contribution is 8.03. The minimum Gasteiger partial charge on any atom is -0.477 e. The van der Waals surface area contributed by atoms with Gasteiger partial charge in [-0.2, -0.15) is 0 Å². The summed E-state index contributed by atoms with van der Waals surface area (Å²) in [4.78, 5) is 26.1. The molecule has 5 N–H and O–H groups in total. The lowest BCUT2D eigenvalue weighted by molar-refractivity contribution is -0.161.